The highest BCUT2D eigenvalue weighted by molar-refractivity contribution is 5.80. The summed E-state index contributed by atoms with van der Waals surface area (Å²) in [6, 6.07) is 5.72. The zero-order chi connectivity index (χ0) is 20.3. The van der Waals surface area contributed by atoms with E-state index in [1.165, 1.54) is 0 Å². The quantitative estimate of drug-likeness (QED) is 0.743. The standard InChI is InChI=1S/C21H28F2N4O/c1-14(2)18(28)5-4-16-12-19(24-17-6-9-21(22,23)10-7-17)25-20(13-16)27-11-8-15(3)26-27/h8,11-14,17H,4-7,9-10H2,1-3H3,(H,24,25). The Balaban J connectivity index is 1.79. The van der Waals surface area contributed by atoms with Crippen molar-refractivity contribution in [3.05, 3.63) is 35.7 Å². The van der Waals surface area contributed by atoms with Gasteiger partial charge in [0, 0.05) is 37.4 Å². The van der Waals surface area contributed by atoms with Crippen LogP contribution in [0.15, 0.2) is 24.4 Å². The van der Waals surface area contributed by atoms with E-state index in [0.29, 0.717) is 37.3 Å². The van der Waals surface area contributed by atoms with Crippen LogP contribution in [-0.4, -0.2) is 32.5 Å². The first kappa shape index (κ1) is 20.4. The van der Waals surface area contributed by atoms with Crippen LogP contribution < -0.4 is 5.32 Å². The molecule has 1 saturated carbocycles. The molecule has 1 aliphatic rings. The van der Waals surface area contributed by atoms with Crippen molar-refractivity contribution < 1.29 is 13.6 Å². The number of alkyl halides is 2. The second-order valence-electron chi connectivity index (χ2n) is 8.02. The van der Waals surface area contributed by atoms with Crippen molar-refractivity contribution >= 4 is 11.6 Å². The second-order valence-corrected chi connectivity index (χ2v) is 8.02. The van der Waals surface area contributed by atoms with Crippen LogP contribution in [0, 0.1) is 12.8 Å². The maximum absolute atomic E-state index is 13.4. The fraction of sp³-hybridized carbons (Fsp3) is 0.571. The summed E-state index contributed by atoms with van der Waals surface area (Å²) in [6.45, 7) is 5.71. The molecule has 1 N–H and O–H groups in total. The predicted octanol–water partition coefficient (Wildman–Crippen LogP) is 4.72. The molecule has 0 spiro atoms. The fourth-order valence-corrected chi connectivity index (χ4v) is 3.40. The molecule has 7 heteroatoms. The van der Waals surface area contributed by atoms with E-state index >= 15 is 0 Å². The third kappa shape index (κ3) is 5.36. The first-order valence-corrected chi connectivity index (χ1v) is 9.92. The number of nitrogens with one attached hydrogen (secondary N) is 1. The molecule has 0 unspecified atom stereocenters. The lowest BCUT2D eigenvalue weighted by Crippen LogP contribution is -2.32. The number of hydrogen-bond acceptors (Lipinski definition) is 4. The van der Waals surface area contributed by atoms with Crippen LogP contribution >= 0.6 is 0 Å². The van der Waals surface area contributed by atoms with E-state index in [0.717, 1.165) is 11.3 Å². The molecule has 1 fully saturated rings. The Labute approximate surface area is 164 Å². The zero-order valence-corrected chi connectivity index (χ0v) is 16.7. The van der Waals surface area contributed by atoms with Crippen molar-refractivity contribution in [1.82, 2.24) is 14.8 Å². The van der Waals surface area contributed by atoms with Gasteiger partial charge in [0.2, 0.25) is 5.92 Å². The minimum Gasteiger partial charge on any atom is -0.367 e. The largest absolute Gasteiger partial charge is 0.367 e. The Morgan fingerprint density at radius 1 is 1.32 bits per heavy atom. The molecule has 3 rings (SSSR count). The summed E-state index contributed by atoms with van der Waals surface area (Å²) < 4.78 is 28.5. The normalized spacial score (nSPS) is 17.1. The van der Waals surface area contributed by atoms with Crippen molar-refractivity contribution in [2.75, 3.05) is 5.32 Å². The Bertz CT molecular complexity index is 822. The molecule has 0 saturated heterocycles. The van der Waals surface area contributed by atoms with E-state index in [9.17, 15) is 13.6 Å². The fourth-order valence-electron chi connectivity index (χ4n) is 3.40. The molecular formula is C21H28F2N4O. The molecular weight excluding hydrogens is 362 g/mol. The molecule has 2 aromatic rings. The summed E-state index contributed by atoms with van der Waals surface area (Å²) in [5.41, 5.74) is 1.86. The number of nitrogens with zero attached hydrogens (tertiary/aromatic N) is 3. The molecule has 0 atom stereocenters. The summed E-state index contributed by atoms with van der Waals surface area (Å²) in [4.78, 5) is 16.6. The van der Waals surface area contributed by atoms with Gasteiger partial charge in [0.25, 0.3) is 0 Å². The topological polar surface area (TPSA) is 59.8 Å². The molecule has 0 amide bonds. The zero-order valence-electron chi connectivity index (χ0n) is 16.7. The molecule has 2 aromatic heterocycles. The number of hydrogen-bond donors (Lipinski definition) is 1. The Morgan fingerprint density at radius 3 is 2.64 bits per heavy atom. The molecule has 0 radical (unpaired) electrons. The van der Waals surface area contributed by atoms with Gasteiger partial charge in [-0.3, -0.25) is 4.79 Å². The lowest BCUT2D eigenvalue weighted by Gasteiger charge is -2.29. The maximum Gasteiger partial charge on any atom is 0.248 e. The van der Waals surface area contributed by atoms with Crippen LogP contribution in [0.5, 0.6) is 0 Å². The molecule has 0 aliphatic heterocycles. The third-order valence-electron chi connectivity index (χ3n) is 5.20. The summed E-state index contributed by atoms with van der Waals surface area (Å²) in [6.07, 6.45) is 3.56. The number of halogens is 2. The number of carbonyl (C=O) groups is 1. The minimum absolute atomic E-state index is 0.0107. The summed E-state index contributed by atoms with van der Waals surface area (Å²) in [5, 5.41) is 7.73. The lowest BCUT2D eigenvalue weighted by molar-refractivity contribution is -0.121. The Morgan fingerprint density at radius 2 is 2.04 bits per heavy atom. The molecule has 152 valence electrons. The van der Waals surface area contributed by atoms with Crippen LogP contribution in [0.4, 0.5) is 14.6 Å². The number of aryl methyl sites for hydroxylation is 2. The number of rotatable bonds is 7. The molecule has 2 heterocycles. The smallest absolute Gasteiger partial charge is 0.248 e. The van der Waals surface area contributed by atoms with E-state index in [1.54, 1.807) is 4.68 Å². The van der Waals surface area contributed by atoms with Crippen molar-refractivity contribution in [3.63, 3.8) is 0 Å². The summed E-state index contributed by atoms with van der Waals surface area (Å²) in [7, 11) is 0. The molecule has 0 aromatic carbocycles. The first-order chi connectivity index (χ1) is 13.2. The highest BCUT2D eigenvalue weighted by Crippen LogP contribution is 2.34. The number of pyridine rings is 1. The average Bonchev–Trinajstić information content (AvgIpc) is 3.08. The Hall–Kier alpha value is -2.31. The van der Waals surface area contributed by atoms with Crippen LogP contribution in [0.25, 0.3) is 5.82 Å². The van der Waals surface area contributed by atoms with Crippen LogP contribution in [0.1, 0.15) is 57.2 Å². The van der Waals surface area contributed by atoms with Crippen molar-refractivity contribution in [2.45, 2.75) is 71.3 Å². The highest BCUT2D eigenvalue weighted by Gasteiger charge is 2.35. The van der Waals surface area contributed by atoms with Crippen molar-refractivity contribution in [3.8, 4) is 5.82 Å². The van der Waals surface area contributed by atoms with Gasteiger partial charge < -0.3 is 5.32 Å². The van der Waals surface area contributed by atoms with Crippen molar-refractivity contribution in [1.29, 1.82) is 0 Å². The van der Waals surface area contributed by atoms with Gasteiger partial charge in [-0.1, -0.05) is 13.8 Å². The van der Waals surface area contributed by atoms with Gasteiger partial charge in [-0.15, -0.1) is 0 Å². The highest BCUT2D eigenvalue weighted by atomic mass is 19.3. The number of aromatic nitrogens is 3. The second kappa shape index (κ2) is 8.37. The minimum atomic E-state index is -2.55. The van der Waals surface area contributed by atoms with E-state index in [-0.39, 0.29) is 30.6 Å². The predicted molar refractivity (Wildman–Crippen MR) is 105 cm³/mol. The lowest BCUT2D eigenvalue weighted by atomic mass is 9.92. The van der Waals surface area contributed by atoms with E-state index in [4.69, 9.17) is 0 Å². The van der Waals surface area contributed by atoms with Crippen molar-refractivity contribution in [2.24, 2.45) is 5.92 Å². The van der Waals surface area contributed by atoms with E-state index in [2.05, 4.69) is 15.4 Å². The van der Waals surface area contributed by atoms with Gasteiger partial charge in [-0.25, -0.2) is 18.4 Å². The number of ketones is 1. The monoisotopic (exact) mass is 390 g/mol. The number of anilines is 1. The average molecular weight is 390 g/mol. The van der Waals surface area contributed by atoms with Gasteiger partial charge in [-0.05, 0) is 49.9 Å². The number of carbonyl (C=O) groups excluding carboxylic acids is 1. The Kier molecular flexibility index (Phi) is 6.10. The SMILES string of the molecule is Cc1ccn(-c2cc(CCC(=O)C(C)C)cc(NC3CCC(F)(F)CC3)n2)n1. The van der Waals surface area contributed by atoms with Crippen LogP contribution in [0.3, 0.4) is 0 Å². The molecule has 28 heavy (non-hydrogen) atoms. The van der Waals surface area contributed by atoms with Gasteiger partial charge in [0.15, 0.2) is 5.82 Å². The van der Waals surface area contributed by atoms with Crippen LogP contribution in [-0.2, 0) is 11.2 Å². The van der Waals surface area contributed by atoms with Gasteiger partial charge >= 0.3 is 0 Å². The maximum atomic E-state index is 13.4. The molecule has 1 aliphatic carbocycles. The molecule has 5 nitrogen and oxygen atoms in total. The van der Waals surface area contributed by atoms with Gasteiger partial charge in [0.1, 0.15) is 11.6 Å². The van der Waals surface area contributed by atoms with E-state index < -0.39 is 5.92 Å². The summed E-state index contributed by atoms with van der Waals surface area (Å²) >= 11 is 0. The summed E-state index contributed by atoms with van der Waals surface area (Å²) in [5.74, 6) is -1.02. The first-order valence-electron chi connectivity index (χ1n) is 9.92. The van der Waals surface area contributed by atoms with Gasteiger partial charge in [-0.2, -0.15) is 5.10 Å². The van der Waals surface area contributed by atoms with Crippen LogP contribution in [0.2, 0.25) is 0 Å². The number of Topliss-reactive ketones (excluding diaryl/α,β-unsaturated/α-hetero) is 1. The molecule has 0 bridgehead atoms. The van der Waals surface area contributed by atoms with Gasteiger partial charge in [0.05, 0.1) is 5.69 Å². The van der Waals surface area contributed by atoms with E-state index in [1.807, 2.05) is 45.2 Å². The third-order valence-corrected chi connectivity index (χ3v) is 5.20.